The number of methoxy groups -OCH3 is 1. The third kappa shape index (κ3) is 3.72. The van der Waals surface area contributed by atoms with Crippen LogP contribution in [0.2, 0.25) is 5.15 Å². The summed E-state index contributed by atoms with van der Waals surface area (Å²) < 4.78 is 19.2. The van der Waals surface area contributed by atoms with Gasteiger partial charge in [0.1, 0.15) is 6.17 Å². The van der Waals surface area contributed by atoms with E-state index in [1.807, 2.05) is 17.9 Å². The van der Waals surface area contributed by atoms with Crippen LogP contribution in [-0.4, -0.2) is 42.5 Å². The highest BCUT2D eigenvalue weighted by Crippen LogP contribution is 2.35. The van der Waals surface area contributed by atoms with Gasteiger partial charge in [0.05, 0.1) is 18.4 Å². The van der Waals surface area contributed by atoms with Gasteiger partial charge in [-0.05, 0) is 36.6 Å². The lowest BCUT2D eigenvalue weighted by Gasteiger charge is -2.37. The molecule has 2 aromatic rings. The van der Waals surface area contributed by atoms with Gasteiger partial charge in [-0.1, -0.05) is 17.7 Å². The normalized spacial score (nSPS) is 20.1. The Morgan fingerprint density at radius 1 is 1.35 bits per heavy atom. The Labute approximate surface area is 156 Å². The van der Waals surface area contributed by atoms with Gasteiger partial charge in [-0.2, -0.15) is 0 Å². The van der Waals surface area contributed by atoms with Crippen molar-refractivity contribution in [1.29, 1.82) is 0 Å². The van der Waals surface area contributed by atoms with Gasteiger partial charge in [0.2, 0.25) is 0 Å². The van der Waals surface area contributed by atoms with Crippen molar-refractivity contribution in [2.24, 2.45) is 0 Å². The molecule has 1 aromatic carbocycles. The molecule has 0 amide bonds. The zero-order valence-electron chi connectivity index (χ0n) is 14.6. The molecule has 1 aliphatic heterocycles. The van der Waals surface area contributed by atoms with Gasteiger partial charge in [0, 0.05) is 25.1 Å². The van der Waals surface area contributed by atoms with E-state index in [0.29, 0.717) is 24.2 Å². The van der Waals surface area contributed by atoms with E-state index < -0.39 is 12.1 Å². The average molecular weight is 379 g/mol. The smallest absolute Gasteiger partial charge is 0.337 e. The van der Waals surface area contributed by atoms with Crippen LogP contribution in [0.3, 0.4) is 0 Å². The molecule has 8 heteroatoms. The number of carbonyl (C=O) groups is 1. The molecule has 2 heterocycles. The number of nitrogens with two attached hydrogens (primary N) is 1. The molecule has 1 fully saturated rings. The molecule has 0 radical (unpaired) electrons. The number of anilines is 2. The summed E-state index contributed by atoms with van der Waals surface area (Å²) in [7, 11) is 1.34. The van der Waals surface area contributed by atoms with E-state index in [-0.39, 0.29) is 23.4 Å². The Bertz CT molecular complexity index is 833. The van der Waals surface area contributed by atoms with E-state index >= 15 is 0 Å². The number of hydrogen-bond donors (Lipinski definition) is 1. The summed E-state index contributed by atoms with van der Waals surface area (Å²) in [5, 5.41) is 7.73. The summed E-state index contributed by atoms with van der Waals surface area (Å²) >= 11 is 5.92. The zero-order valence-corrected chi connectivity index (χ0v) is 15.3. The number of hydrogen-bond acceptors (Lipinski definition) is 6. The number of ether oxygens (including phenoxy) is 1. The first-order chi connectivity index (χ1) is 12.4. The number of halogens is 2. The van der Waals surface area contributed by atoms with Crippen molar-refractivity contribution in [2.45, 2.75) is 25.4 Å². The largest absolute Gasteiger partial charge is 0.465 e. The highest BCUT2D eigenvalue weighted by molar-refractivity contribution is 6.29. The maximum Gasteiger partial charge on any atom is 0.337 e. The van der Waals surface area contributed by atoms with Gasteiger partial charge >= 0.3 is 5.97 Å². The van der Waals surface area contributed by atoms with Gasteiger partial charge < -0.3 is 15.4 Å². The maximum absolute atomic E-state index is 14.5. The van der Waals surface area contributed by atoms with Crippen LogP contribution in [0.4, 0.5) is 15.9 Å². The molecule has 0 bridgehead atoms. The number of nitrogens with zero attached hydrogens (tertiary/aromatic N) is 3. The summed E-state index contributed by atoms with van der Waals surface area (Å²) in [6, 6.07) is 6.95. The van der Waals surface area contributed by atoms with E-state index in [9.17, 15) is 9.18 Å². The van der Waals surface area contributed by atoms with Crippen LogP contribution >= 0.6 is 11.6 Å². The number of nitrogen functional groups attached to an aromatic ring is 1. The summed E-state index contributed by atoms with van der Waals surface area (Å²) in [6.45, 7) is 2.71. The average Bonchev–Trinajstić information content (AvgIpc) is 2.62. The first kappa shape index (κ1) is 18.4. The number of carbonyl (C=O) groups excluding carboxylic acids is 1. The lowest BCUT2D eigenvalue weighted by Crippen LogP contribution is -2.41. The third-order valence-electron chi connectivity index (χ3n) is 4.64. The van der Waals surface area contributed by atoms with Crippen LogP contribution in [0.25, 0.3) is 0 Å². The molecule has 0 aliphatic carbocycles. The first-order valence-corrected chi connectivity index (χ1v) is 8.63. The zero-order chi connectivity index (χ0) is 18.8. The van der Waals surface area contributed by atoms with Crippen LogP contribution in [0.1, 0.15) is 33.8 Å². The number of aromatic nitrogens is 2. The topological polar surface area (TPSA) is 81.3 Å². The van der Waals surface area contributed by atoms with Crippen LogP contribution < -0.4 is 10.6 Å². The Morgan fingerprint density at radius 3 is 2.81 bits per heavy atom. The van der Waals surface area contributed by atoms with Crippen LogP contribution in [0.5, 0.6) is 0 Å². The van der Waals surface area contributed by atoms with Crippen LogP contribution in [0, 0.1) is 6.92 Å². The van der Waals surface area contributed by atoms with Crippen LogP contribution in [0.15, 0.2) is 24.3 Å². The summed E-state index contributed by atoms with van der Waals surface area (Å²) in [5.74, 6) is -0.213. The highest BCUT2D eigenvalue weighted by Gasteiger charge is 2.30. The predicted octanol–water partition coefficient (Wildman–Crippen LogP) is 3.14. The molecule has 0 spiro atoms. The van der Waals surface area contributed by atoms with E-state index in [2.05, 4.69) is 10.2 Å². The Kier molecular flexibility index (Phi) is 5.27. The molecular weight excluding hydrogens is 359 g/mol. The SMILES string of the molecule is COC(=O)c1ccc(C2CC(F)CN(c3cc(Cl)nnc3N)C2)c(C)c1. The lowest BCUT2D eigenvalue weighted by atomic mass is 9.86. The molecule has 0 saturated carbocycles. The highest BCUT2D eigenvalue weighted by atomic mass is 35.5. The van der Waals surface area contributed by atoms with E-state index in [4.69, 9.17) is 22.1 Å². The predicted molar refractivity (Wildman–Crippen MR) is 98.4 cm³/mol. The number of aryl methyl sites for hydroxylation is 1. The number of alkyl halides is 1. The van der Waals surface area contributed by atoms with E-state index in [1.165, 1.54) is 7.11 Å². The molecule has 26 heavy (non-hydrogen) atoms. The quantitative estimate of drug-likeness (QED) is 0.826. The van der Waals surface area contributed by atoms with Crippen molar-refractivity contribution in [2.75, 3.05) is 30.8 Å². The van der Waals surface area contributed by atoms with Gasteiger partial charge in [0.25, 0.3) is 0 Å². The fourth-order valence-corrected chi connectivity index (χ4v) is 3.60. The number of rotatable bonds is 3. The standard InChI is InChI=1S/C18H20ClFN4O2/c1-10-5-11(18(25)26-2)3-4-14(10)12-6-13(20)9-24(8-12)15-7-16(19)22-23-17(15)21/h3-5,7,12-13H,6,8-9H2,1-2H3,(H2,21,23). The summed E-state index contributed by atoms with van der Waals surface area (Å²) in [5.41, 5.74) is 8.88. The summed E-state index contributed by atoms with van der Waals surface area (Å²) in [4.78, 5) is 13.5. The molecule has 6 nitrogen and oxygen atoms in total. The molecular formula is C18H20ClFN4O2. The van der Waals surface area contributed by atoms with E-state index in [0.717, 1.165) is 11.1 Å². The van der Waals surface area contributed by atoms with Gasteiger partial charge in [-0.15, -0.1) is 10.2 Å². The first-order valence-electron chi connectivity index (χ1n) is 8.25. The number of esters is 1. The lowest BCUT2D eigenvalue weighted by molar-refractivity contribution is 0.0600. The summed E-state index contributed by atoms with van der Waals surface area (Å²) in [6.07, 6.45) is -0.610. The minimum absolute atomic E-state index is 0.0446. The molecule has 1 aliphatic rings. The number of piperidine rings is 1. The van der Waals surface area contributed by atoms with Gasteiger partial charge in [-0.3, -0.25) is 0 Å². The fourth-order valence-electron chi connectivity index (χ4n) is 3.46. The van der Waals surface area contributed by atoms with Crippen molar-refractivity contribution in [1.82, 2.24) is 10.2 Å². The molecule has 1 aromatic heterocycles. The van der Waals surface area contributed by atoms with E-state index in [1.54, 1.807) is 18.2 Å². The van der Waals surface area contributed by atoms with Crippen molar-refractivity contribution in [3.8, 4) is 0 Å². The Morgan fingerprint density at radius 2 is 2.12 bits per heavy atom. The van der Waals surface area contributed by atoms with Crippen LogP contribution in [-0.2, 0) is 4.74 Å². The van der Waals surface area contributed by atoms with Crippen molar-refractivity contribution in [3.05, 3.63) is 46.1 Å². The second-order valence-corrected chi connectivity index (χ2v) is 6.82. The molecule has 2 unspecified atom stereocenters. The second-order valence-electron chi connectivity index (χ2n) is 6.44. The Hall–Kier alpha value is -2.41. The molecule has 2 N–H and O–H groups in total. The molecule has 3 rings (SSSR count). The van der Waals surface area contributed by atoms with Gasteiger partial charge in [0.15, 0.2) is 11.0 Å². The molecule has 138 valence electrons. The second kappa shape index (κ2) is 7.45. The van der Waals surface area contributed by atoms with Crippen molar-refractivity contribution >= 4 is 29.1 Å². The molecule has 1 saturated heterocycles. The Balaban J connectivity index is 1.89. The van der Waals surface area contributed by atoms with Crippen molar-refractivity contribution in [3.63, 3.8) is 0 Å². The monoisotopic (exact) mass is 378 g/mol. The molecule has 2 atom stereocenters. The fraction of sp³-hybridized carbons (Fsp3) is 0.389. The maximum atomic E-state index is 14.5. The third-order valence-corrected chi connectivity index (χ3v) is 4.83. The minimum Gasteiger partial charge on any atom is -0.465 e. The minimum atomic E-state index is -1.01. The van der Waals surface area contributed by atoms with Crippen molar-refractivity contribution < 1.29 is 13.9 Å². The van der Waals surface area contributed by atoms with Gasteiger partial charge in [-0.25, -0.2) is 9.18 Å². The number of benzene rings is 1.